The number of non-ortho nitro benzene ring substituents is 1. The predicted molar refractivity (Wildman–Crippen MR) is 108 cm³/mol. The van der Waals surface area contributed by atoms with E-state index in [1.54, 1.807) is 18.0 Å². The fourth-order valence-corrected chi connectivity index (χ4v) is 3.44. The van der Waals surface area contributed by atoms with E-state index in [0.29, 0.717) is 17.4 Å². The zero-order chi connectivity index (χ0) is 20.4. The van der Waals surface area contributed by atoms with Crippen LogP contribution in [0.1, 0.15) is 16.1 Å². The van der Waals surface area contributed by atoms with E-state index in [1.165, 1.54) is 12.1 Å². The summed E-state index contributed by atoms with van der Waals surface area (Å²) >= 11 is 0. The summed E-state index contributed by atoms with van der Waals surface area (Å²) in [4.78, 5) is 27.2. The lowest BCUT2D eigenvalue weighted by Crippen LogP contribution is -2.36. The van der Waals surface area contributed by atoms with E-state index in [-0.39, 0.29) is 17.3 Å². The van der Waals surface area contributed by atoms with Crippen LogP contribution in [0, 0.1) is 10.1 Å². The molecule has 1 aromatic heterocycles. The number of carbonyl (C=O) groups excluding carboxylic acids is 1. The van der Waals surface area contributed by atoms with Gasteiger partial charge in [-0.2, -0.15) is 5.10 Å². The Kier molecular flexibility index (Phi) is 5.13. The Morgan fingerprint density at radius 3 is 2.66 bits per heavy atom. The molecule has 2 aromatic carbocycles. The van der Waals surface area contributed by atoms with Gasteiger partial charge in [0.1, 0.15) is 0 Å². The Bertz CT molecular complexity index is 1040. The predicted octanol–water partition coefficient (Wildman–Crippen LogP) is 2.58. The Morgan fingerprint density at radius 1 is 1.24 bits per heavy atom. The van der Waals surface area contributed by atoms with Crippen LogP contribution >= 0.6 is 0 Å². The molecule has 0 aliphatic carbocycles. The monoisotopic (exact) mass is 395 g/mol. The first kappa shape index (κ1) is 18.9. The number of nitro benzene ring substituents is 1. The van der Waals surface area contributed by atoms with Crippen molar-refractivity contribution in [2.75, 3.05) is 38.3 Å². The number of H-pyrrole nitrogens is 1. The summed E-state index contributed by atoms with van der Waals surface area (Å²) in [6.45, 7) is 3.61. The quantitative estimate of drug-likeness (QED) is 0.526. The summed E-state index contributed by atoms with van der Waals surface area (Å²) < 4.78 is 5.38. The van der Waals surface area contributed by atoms with Gasteiger partial charge in [-0.25, -0.2) is 0 Å². The summed E-state index contributed by atoms with van der Waals surface area (Å²) in [6, 6.07) is 12.4. The number of nitrogens with zero attached hydrogens (tertiary/aromatic N) is 4. The number of aromatic nitrogens is 2. The number of amides is 1. The van der Waals surface area contributed by atoms with E-state index in [9.17, 15) is 14.9 Å². The van der Waals surface area contributed by atoms with Crippen molar-refractivity contribution in [2.24, 2.45) is 0 Å². The molecule has 1 N–H and O–H groups in total. The van der Waals surface area contributed by atoms with Crippen LogP contribution in [0.5, 0.6) is 0 Å². The summed E-state index contributed by atoms with van der Waals surface area (Å²) in [5.74, 6) is -0.297. The summed E-state index contributed by atoms with van der Waals surface area (Å²) in [5.41, 5.74) is 2.81. The minimum Gasteiger partial charge on any atom is -0.378 e. The van der Waals surface area contributed by atoms with Crippen molar-refractivity contribution in [3.05, 3.63) is 63.8 Å². The first-order chi connectivity index (χ1) is 14.0. The molecule has 1 aliphatic rings. The third-order valence-corrected chi connectivity index (χ3v) is 5.04. The number of aromatic amines is 1. The lowest BCUT2D eigenvalue weighted by atomic mass is 10.1. The second-order valence-electron chi connectivity index (χ2n) is 6.99. The Hall–Kier alpha value is -3.46. The number of morpholine rings is 1. The molecule has 0 spiro atoms. The molecule has 1 amide bonds. The number of rotatable bonds is 5. The highest BCUT2D eigenvalue weighted by molar-refractivity contribution is 6.05. The summed E-state index contributed by atoms with van der Waals surface area (Å²) in [7, 11) is 1.69. The fraction of sp³-hybridized carbons (Fsp3) is 0.300. The van der Waals surface area contributed by atoms with Gasteiger partial charge in [0, 0.05) is 49.9 Å². The molecule has 4 rings (SSSR count). The molecule has 9 nitrogen and oxygen atoms in total. The van der Waals surface area contributed by atoms with Crippen molar-refractivity contribution in [1.82, 2.24) is 15.1 Å². The maximum atomic E-state index is 12.9. The largest absolute Gasteiger partial charge is 0.378 e. The number of fused-ring (bicyclic) bond motifs is 1. The lowest BCUT2D eigenvalue weighted by Gasteiger charge is -2.29. The number of benzene rings is 2. The van der Waals surface area contributed by atoms with Crippen molar-refractivity contribution in [2.45, 2.75) is 6.54 Å². The highest BCUT2D eigenvalue weighted by atomic mass is 16.6. The number of anilines is 1. The van der Waals surface area contributed by atoms with Gasteiger partial charge in [0.2, 0.25) is 0 Å². The molecule has 3 aromatic rings. The maximum absolute atomic E-state index is 12.9. The molecule has 0 atom stereocenters. The fourth-order valence-electron chi connectivity index (χ4n) is 3.44. The molecule has 1 aliphatic heterocycles. The zero-order valence-electron chi connectivity index (χ0n) is 16.0. The second kappa shape index (κ2) is 7.88. The number of nitro groups is 1. The van der Waals surface area contributed by atoms with Crippen molar-refractivity contribution in [3.63, 3.8) is 0 Å². The molecule has 9 heteroatoms. The molecular weight excluding hydrogens is 374 g/mol. The van der Waals surface area contributed by atoms with Gasteiger partial charge >= 0.3 is 0 Å². The molecule has 0 bridgehead atoms. The third-order valence-electron chi connectivity index (χ3n) is 5.04. The zero-order valence-corrected chi connectivity index (χ0v) is 16.0. The maximum Gasteiger partial charge on any atom is 0.275 e. The van der Waals surface area contributed by atoms with E-state index in [0.717, 1.165) is 37.6 Å². The van der Waals surface area contributed by atoms with Gasteiger partial charge in [-0.1, -0.05) is 12.1 Å². The Morgan fingerprint density at radius 2 is 1.97 bits per heavy atom. The summed E-state index contributed by atoms with van der Waals surface area (Å²) in [5, 5.41) is 18.3. The van der Waals surface area contributed by atoms with Crippen molar-refractivity contribution in [1.29, 1.82) is 0 Å². The molecule has 2 heterocycles. The van der Waals surface area contributed by atoms with Crippen molar-refractivity contribution in [3.8, 4) is 0 Å². The summed E-state index contributed by atoms with van der Waals surface area (Å²) in [6.07, 6.45) is 0. The van der Waals surface area contributed by atoms with Crippen molar-refractivity contribution < 1.29 is 14.5 Å². The molecule has 29 heavy (non-hydrogen) atoms. The minimum atomic E-state index is -0.486. The van der Waals surface area contributed by atoms with Crippen molar-refractivity contribution >= 4 is 28.2 Å². The van der Waals surface area contributed by atoms with Gasteiger partial charge < -0.3 is 14.5 Å². The highest BCUT2D eigenvalue weighted by Gasteiger charge is 2.20. The van der Waals surface area contributed by atoms with Crippen LogP contribution in [0.25, 0.3) is 10.9 Å². The van der Waals surface area contributed by atoms with Crippen LogP contribution in [-0.2, 0) is 11.3 Å². The van der Waals surface area contributed by atoms with Gasteiger partial charge in [-0.05, 0) is 23.8 Å². The SMILES string of the molecule is CN(Cc1ccc(N2CCOCC2)cc1)C(=O)c1n[nH]c2ccc([N+](=O)[O-])cc12. The van der Waals surface area contributed by atoms with E-state index in [1.807, 2.05) is 24.3 Å². The third kappa shape index (κ3) is 3.90. The molecule has 150 valence electrons. The standard InChI is InChI=1S/C20H21N5O4/c1-23(13-14-2-4-15(5-3-14)24-8-10-29-11-9-24)20(26)19-17-12-16(25(27)28)6-7-18(17)21-22-19/h2-7,12H,8-11,13H2,1H3,(H,21,22). The molecule has 0 unspecified atom stereocenters. The van der Waals surface area contributed by atoms with Crippen LogP contribution < -0.4 is 4.90 Å². The molecule has 1 saturated heterocycles. The molecular formula is C20H21N5O4. The number of ether oxygens (including phenoxy) is 1. The topological polar surface area (TPSA) is 105 Å². The van der Waals surface area contributed by atoms with Crippen LogP contribution in [0.2, 0.25) is 0 Å². The first-order valence-electron chi connectivity index (χ1n) is 9.32. The van der Waals surface area contributed by atoms with E-state index in [4.69, 9.17) is 4.74 Å². The number of hydrogen-bond donors (Lipinski definition) is 1. The first-order valence-corrected chi connectivity index (χ1v) is 9.32. The van der Waals surface area contributed by atoms with Gasteiger partial charge in [0.05, 0.1) is 23.7 Å². The number of nitrogens with one attached hydrogen (secondary N) is 1. The van der Waals surface area contributed by atoms with Crippen LogP contribution in [0.15, 0.2) is 42.5 Å². The van der Waals surface area contributed by atoms with Crippen LogP contribution in [0.3, 0.4) is 0 Å². The average Bonchev–Trinajstić information content (AvgIpc) is 3.17. The number of hydrogen-bond acceptors (Lipinski definition) is 6. The van der Waals surface area contributed by atoms with E-state index < -0.39 is 4.92 Å². The van der Waals surface area contributed by atoms with E-state index in [2.05, 4.69) is 15.1 Å². The average molecular weight is 395 g/mol. The molecule has 0 radical (unpaired) electrons. The normalized spacial score (nSPS) is 14.2. The van der Waals surface area contributed by atoms with Gasteiger partial charge in [-0.15, -0.1) is 0 Å². The smallest absolute Gasteiger partial charge is 0.275 e. The Balaban J connectivity index is 1.49. The minimum absolute atomic E-state index is 0.0747. The van der Waals surface area contributed by atoms with E-state index >= 15 is 0 Å². The highest BCUT2D eigenvalue weighted by Crippen LogP contribution is 2.23. The van der Waals surface area contributed by atoms with Crippen LogP contribution in [-0.4, -0.2) is 59.3 Å². The lowest BCUT2D eigenvalue weighted by molar-refractivity contribution is -0.384. The second-order valence-corrected chi connectivity index (χ2v) is 6.99. The molecule has 0 saturated carbocycles. The van der Waals surface area contributed by atoms with Gasteiger partial charge in [-0.3, -0.25) is 20.0 Å². The van der Waals surface area contributed by atoms with Crippen LogP contribution in [0.4, 0.5) is 11.4 Å². The number of carbonyl (C=O) groups is 1. The molecule has 1 fully saturated rings. The van der Waals surface area contributed by atoms with Gasteiger partial charge in [0.15, 0.2) is 5.69 Å². The Labute approximate surface area is 167 Å². The van der Waals surface area contributed by atoms with Gasteiger partial charge in [0.25, 0.3) is 11.6 Å².